The molecule has 0 N–H and O–H groups in total. The molecular formula is C19H18N2O10. The summed E-state index contributed by atoms with van der Waals surface area (Å²) >= 11 is 0. The van der Waals surface area contributed by atoms with Gasteiger partial charge in [0, 0.05) is 12.1 Å². The summed E-state index contributed by atoms with van der Waals surface area (Å²) < 4.78 is 31.7. The third-order valence-corrected chi connectivity index (χ3v) is 4.50. The number of hydrogen-bond donors (Lipinski definition) is 0. The smallest absolute Gasteiger partial charge is 0.284 e. The highest BCUT2D eigenvalue weighted by Crippen LogP contribution is 2.46. The number of nitrogens with zero attached hydrogens (tertiary/aromatic N) is 2. The Hall–Kier alpha value is -4.22. The molecule has 1 aliphatic rings. The highest BCUT2D eigenvalue weighted by molar-refractivity contribution is 5.91. The number of nitro benzene ring substituents is 2. The average molecular weight is 434 g/mol. The highest BCUT2D eigenvalue weighted by Gasteiger charge is 2.34. The van der Waals surface area contributed by atoms with E-state index in [1.807, 2.05) is 0 Å². The van der Waals surface area contributed by atoms with E-state index in [-0.39, 0.29) is 63.8 Å². The number of ether oxygens (including phenoxy) is 6. The molecule has 2 aromatic rings. The minimum absolute atomic E-state index is 0.000710. The summed E-state index contributed by atoms with van der Waals surface area (Å²) in [7, 11) is 5.42. The second kappa shape index (κ2) is 8.65. The lowest BCUT2D eigenvalue weighted by atomic mass is 10.0. The van der Waals surface area contributed by atoms with E-state index >= 15 is 0 Å². The first-order chi connectivity index (χ1) is 14.9. The molecule has 0 radical (unpaired) electrons. The monoisotopic (exact) mass is 434 g/mol. The molecule has 0 unspecified atom stereocenters. The number of methoxy groups -OCH3 is 4. The average Bonchev–Trinajstić information content (AvgIpc) is 3.26. The van der Waals surface area contributed by atoms with Gasteiger partial charge in [-0.1, -0.05) is 0 Å². The molecule has 0 saturated carbocycles. The molecule has 12 heteroatoms. The summed E-state index contributed by atoms with van der Waals surface area (Å²) in [6, 6.07) is 5.02. The van der Waals surface area contributed by atoms with Crippen molar-refractivity contribution in [2.24, 2.45) is 0 Å². The Bertz CT molecular complexity index is 996. The SMILES string of the molecule is COc1cc(C2=C(c3cc(OC)c(OC)cc3[N+](=O)[O-])OCO2)c([N+](=O)[O-])cc1OC. The van der Waals surface area contributed by atoms with E-state index in [4.69, 9.17) is 28.4 Å². The van der Waals surface area contributed by atoms with E-state index in [0.717, 1.165) is 0 Å². The number of nitro groups is 2. The molecule has 0 atom stereocenters. The van der Waals surface area contributed by atoms with Crippen molar-refractivity contribution in [1.29, 1.82) is 0 Å². The molecule has 2 aromatic carbocycles. The molecule has 0 fully saturated rings. The van der Waals surface area contributed by atoms with Crippen LogP contribution in [0.15, 0.2) is 24.3 Å². The van der Waals surface area contributed by atoms with Crippen molar-refractivity contribution in [2.75, 3.05) is 35.2 Å². The largest absolute Gasteiger partial charge is 0.493 e. The minimum Gasteiger partial charge on any atom is -0.493 e. The van der Waals surface area contributed by atoms with Gasteiger partial charge in [-0.15, -0.1) is 0 Å². The second-order valence-corrected chi connectivity index (χ2v) is 6.03. The van der Waals surface area contributed by atoms with E-state index in [9.17, 15) is 20.2 Å². The minimum atomic E-state index is -0.632. The third-order valence-electron chi connectivity index (χ3n) is 4.50. The maximum Gasteiger partial charge on any atom is 0.284 e. The van der Waals surface area contributed by atoms with Crippen LogP contribution in [-0.4, -0.2) is 45.1 Å². The van der Waals surface area contributed by atoms with Crippen LogP contribution in [-0.2, 0) is 9.47 Å². The van der Waals surface area contributed by atoms with Gasteiger partial charge in [-0.2, -0.15) is 0 Å². The second-order valence-electron chi connectivity index (χ2n) is 6.03. The van der Waals surface area contributed by atoms with Gasteiger partial charge in [0.15, 0.2) is 34.5 Å². The van der Waals surface area contributed by atoms with E-state index < -0.39 is 9.85 Å². The van der Waals surface area contributed by atoms with Gasteiger partial charge >= 0.3 is 0 Å². The Morgan fingerprint density at radius 1 is 0.677 bits per heavy atom. The van der Waals surface area contributed by atoms with Gasteiger partial charge in [0.1, 0.15) is 11.1 Å². The van der Waals surface area contributed by atoms with Gasteiger partial charge < -0.3 is 28.4 Å². The molecule has 1 aliphatic heterocycles. The van der Waals surface area contributed by atoms with Crippen LogP contribution in [0, 0.1) is 20.2 Å². The van der Waals surface area contributed by atoms with Gasteiger partial charge in [0.05, 0.1) is 50.4 Å². The molecule has 12 nitrogen and oxygen atoms in total. The molecule has 0 aromatic heterocycles. The van der Waals surface area contributed by atoms with Gasteiger partial charge in [-0.05, 0) is 0 Å². The van der Waals surface area contributed by atoms with Crippen molar-refractivity contribution in [1.82, 2.24) is 0 Å². The third kappa shape index (κ3) is 3.82. The van der Waals surface area contributed by atoms with Crippen molar-refractivity contribution in [3.05, 3.63) is 55.6 Å². The summed E-state index contributed by atoms with van der Waals surface area (Å²) in [5, 5.41) is 23.4. The summed E-state index contributed by atoms with van der Waals surface area (Å²) in [5.74, 6) is 0.540. The lowest BCUT2D eigenvalue weighted by Crippen LogP contribution is -2.02. The normalized spacial score (nSPS) is 12.6. The van der Waals surface area contributed by atoms with Crippen molar-refractivity contribution in [2.45, 2.75) is 0 Å². The molecule has 0 aliphatic carbocycles. The van der Waals surface area contributed by atoms with Crippen molar-refractivity contribution >= 4 is 22.9 Å². The molecule has 1 heterocycles. The number of rotatable bonds is 8. The van der Waals surface area contributed by atoms with Crippen molar-refractivity contribution < 1.29 is 38.3 Å². The summed E-state index contributed by atoms with van der Waals surface area (Å²) in [6.07, 6.45) is 0. The Morgan fingerprint density at radius 2 is 1.00 bits per heavy atom. The van der Waals surface area contributed by atoms with E-state index in [1.54, 1.807) is 0 Å². The van der Waals surface area contributed by atoms with Gasteiger partial charge in [-0.25, -0.2) is 0 Å². The molecule has 0 amide bonds. The quantitative estimate of drug-likeness (QED) is 0.448. The molecule has 0 spiro atoms. The van der Waals surface area contributed by atoms with Crippen LogP contribution in [0.4, 0.5) is 11.4 Å². The topological polar surface area (TPSA) is 142 Å². The standard InChI is InChI=1S/C19H18N2O10/c1-26-14-5-10(12(20(22)23)7-16(14)28-3)18-19(31-9-30-18)11-6-15(27-2)17(29-4)8-13(11)21(24)25/h5-8H,9H2,1-4H3. The van der Waals surface area contributed by atoms with Crippen molar-refractivity contribution in [3.8, 4) is 23.0 Å². The Kier molecular flexibility index (Phi) is 6.00. The van der Waals surface area contributed by atoms with E-state index in [0.29, 0.717) is 0 Å². The van der Waals surface area contributed by atoms with Gasteiger partial charge in [-0.3, -0.25) is 20.2 Å². The van der Waals surface area contributed by atoms with Crippen LogP contribution in [0.1, 0.15) is 11.1 Å². The lowest BCUT2D eigenvalue weighted by Gasteiger charge is -2.12. The number of hydrogen-bond acceptors (Lipinski definition) is 10. The van der Waals surface area contributed by atoms with Crippen LogP contribution >= 0.6 is 0 Å². The lowest BCUT2D eigenvalue weighted by molar-refractivity contribution is -0.385. The van der Waals surface area contributed by atoms with Crippen LogP contribution in [0.25, 0.3) is 11.5 Å². The summed E-state index contributed by atoms with van der Waals surface area (Å²) in [4.78, 5) is 22.1. The molecule has 0 bridgehead atoms. The Balaban J connectivity index is 2.32. The first kappa shape index (κ1) is 21.5. The Labute approximate surface area is 175 Å². The van der Waals surface area contributed by atoms with Gasteiger partial charge in [0.25, 0.3) is 11.4 Å². The zero-order valence-electron chi connectivity index (χ0n) is 17.0. The maximum atomic E-state index is 11.7. The highest BCUT2D eigenvalue weighted by atomic mass is 16.7. The van der Waals surface area contributed by atoms with Gasteiger partial charge in [0.2, 0.25) is 6.79 Å². The summed E-state index contributed by atoms with van der Waals surface area (Å²) in [6.45, 7) is -0.304. The van der Waals surface area contributed by atoms with Crippen LogP contribution in [0.2, 0.25) is 0 Å². The fraction of sp³-hybridized carbons (Fsp3) is 0.263. The van der Waals surface area contributed by atoms with Crippen LogP contribution in [0.3, 0.4) is 0 Å². The zero-order valence-corrected chi connectivity index (χ0v) is 17.0. The maximum absolute atomic E-state index is 11.7. The number of benzene rings is 2. The fourth-order valence-corrected chi connectivity index (χ4v) is 3.08. The summed E-state index contributed by atoms with van der Waals surface area (Å²) in [5.41, 5.74) is -0.726. The molecule has 164 valence electrons. The molecule has 3 rings (SSSR count). The predicted octanol–water partition coefficient (Wildman–Crippen LogP) is 3.37. The Morgan fingerprint density at radius 3 is 1.29 bits per heavy atom. The van der Waals surface area contributed by atoms with E-state index in [1.165, 1.54) is 52.7 Å². The van der Waals surface area contributed by atoms with Crippen LogP contribution < -0.4 is 18.9 Å². The molecular weight excluding hydrogens is 416 g/mol. The first-order valence-corrected chi connectivity index (χ1v) is 8.67. The first-order valence-electron chi connectivity index (χ1n) is 8.67. The zero-order chi connectivity index (χ0) is 22.7. The van der Waals surface area contributed by atoms with E-state index in [2.05, 4.69) is 0 Å². The van der Waals surface area contributed by atoms with Crippen LogP contribution in [0.5, 0.6) is 23.0 Å². The predicted molar refractivity (Wildman–Crippen MR) is 106 cm³/mol. The molecule has 31 heavy (non-hydrogen) atoms. The fourth-order valence-electron chi connectivity index (χ4n) is 3.08. The van der Waals surface area contributed by atoms with Crippen molar-refractivity contribution in [3.63, 3.8) is 0 Å². The molecule has 0 saturated heterocycles.